The number of hydrogen-bond acceptors (Lipinski definition) is 3. The number of nitrogens with zero attached hydrogens (tertiary/aromatic N) is 1. The van der Waals surface area contributed by atoms with Crippen LogP contribution in [-0.4, -0.2) is 47.2 Å². The Balaban J connectivity index is 2.48. The van der Waals surface area contributed by atoms with Gasteiger partial charge >= 0.3 is 0 Å². The van der Waals surface area contributed by atoms with E-state index < -0.39 is 0 Å². The molecule has 1 saturated heterocycles. The Bertz CT molecular complexity index is 244. The molecule has 2 unspecified atom stereocenters. The van der Waals surface area contributed by atoms with Crippen LogP contribution in [0.5, 0.6) is 0 Å². The molecule has 17 heavy (non-hydrogen) atoms. The smallest absolute Gasteiger partial charge is 0.240 e. The van der Waals surface area contributed by atoms with Crippen molar-refractivity contribution in [2.75, 3.05) is 13.1 Å². The van der Waals surface area contributed by atoms with E-state index in [-0.39, 0.29) is 24.1 Å². The van der Waals surface area contributed by atoms with Crippen molar-refractivity contribution in [1.29, 1.82) is 0 Å². The van der Waals surface area contributed by atoms with E-state index in [1.165, 1.54) is 6.42 Å². The molecule has 1 heterocycles. The Labute approximate surface area is 104 Å². The highest BCUT2D eigenvalue weighted by molar-refractivity contribution is 5.82. The van der Waals surface area contributed by atoms with Gasteiger partial charge in [-0.3, -0.25) is 4.79 Å². The number of amides is 1. The minimum absolute atomic E-state index is 0.146. The standard InChI is InChI=1S/C13H26N2O2/c1-4-5-6-7-15(10(2)3)13(17)12-8-11(16)9-14-12/h10-12,14,16H,4-9H2,1-3H3. The summed E-state index contributed by atoms with van der Waals surface area (Å²) in [6.45, 7) is 7.64. The van der Waals surface area contributed by atoms with E-state index in [0.717, 1.165) is 19.4 Å². The molecule has 0 bridgehead atoms. The maximum absolute atomic E-state index is 12.3. The van der Waals surface area contributed by atoms with Gasteiger partial charge in [0.15, 0.2) is 0 Å². The van der Waals surface area contributed by atoms with Gasteiger partial charge in [-0.1, -0.05) is 19.8 Å². The van der Waals surface area contributed by atoms with Crippen LogP contribution in [-0.2, 0) is 4.79 Å². The van der Waals surface area contributed by atoms with E-state index in [1.54, 1.807) is 0 Å². The molecule has 2 N–H and O–H groups in total. The van der Waals surface area contributed by atoms with Crippen molar-refractivity contribution < 1.29 is 9.90 Å². The molecule has 1 aliphatic heterocycles. The first kappa shape index (κ1) is 14.5. The van der Waals surface area contributed by atoms with Gasteiger partial charge in [0.25, 0.3) is 0 Å². The second-order valence-electron chi connectivity index (χ2n) is 5.18. The van der Waals surface area contributed by atoms with Gasteiger partial charge in [0.2, 0.25) is 5.91 Å². The van der Waals surface area contributed by atoms with Crippen LogP contribution >= 0.6 is 0 Å². The maximum Gasteiger partial charge on any atom is 0.240 e. The number of aliphatic hydroxyl groups excluding tert-OH is 1. The summed E-state index contributed by atoms with van der Waals surface area (Å²) in [4.78, 5) is 14.2. The van der Waals surface area contributed by atoms with E-state index in [2.05, 4.69) is 26.1 Å². The summed E-state index contributed by atoms with van der Waals surface area (Å²) in [5.41, 5.74) is 0. The monoisotopic (exact) mass is 242 g/mol. The average Bonchev–Trinajstić information content (AvgIpc) is 2.70. The summed E-state index contributed by atoms with van der Waals surface area (Å²) >= 11 is 0. The average molecular weight is 242 g/mol. The fourth-order valence-corrected chi connectivity index (χ4v) is 2.26. The van der Waals surface area contributed by atoms with Crippen molar-refractivity contribution in [3.05, 3.63) is 0 Å². The van der Waals surface area contributed by atoms with Crippen LogP contribution in [0.3, 0.4) is 0 Å². The molecule has 1 aliphatic rings. The quantitative estimate of drug-likeness (QED) is 0.687. The molecule has 0 saturated carbocycles. The molecule has 1 amide bonds. The largest absolute Gasteiger partial charge is 0.392 e. The van der Waals surface area contributed by atoms with Gasteiger partial charge in [-0.25, -0.2) is 0 Å². The Morgan fingerprint density at radius 1 is 1.47 bits per heavy atom. The summed E-state index contributed by atoms with van der Waals surface area (Å²) in [6, 6.07) is 0.0490. The predicted octanol–water partition coefficient (Wildman–Crippen LogP) is 1.14. The zero-order valence-electron chi connectivity index (χ0n) is 11.3. The third kappa shape index (κ3) is 4.28. The van der Waals surface area contributed by atoms with Gasteiger partial charge in [-0.05, 0) is 26.7 Å². The van der Waals surface area contributed by atoms with E-state index >= 15 is 0 Å². The molecular formula is C13H26N2O2. The lowest BCUT2D eigenvalue weighted by Gasteiger charge is -2.29. The van der Waals surface area contributed by atoms with Crippen LogP contribution in [0.2, 0.25) is 0 Å². The second kappa shape index (κ2) is 6.97. The van der Waals surface area contributed by atoms with Gasteiger partial charge < -0.3 is 15.3 Å². The van der Waals surface area contributed by atoms with Crippen molar-refractivity contribution >= 4 is 5.91 Å². The number of aliphatic hydroxyl groups is 1. The van der Waals surface area contributed by atoms with Crippen LogP contribution in [0, 0.1) is 0 Å². The predicted molar refractivity (Wildman–Crippen MR) is 68.8 cm³/mol. The van der Waals surface area contributed by atoms with Crippen LogP contribution in [0.25, 0.3) is 0 Å². The van der Waals surface area contributed by atoms with Crippen molar-refractivity contribution in [3.8, 4) is 0 Å². The summed E-state index contributed by atoms with van der Waals surface area (Å²) in [7, 11) is 0. The number of hydrogen-bond donors (Lipinski definition) is 2. The van der Waals surface area contributed by atoms with E-state index in [4.69, 9.17) is 0 Å². The van der Waals surface area contributed by atoms with E-state index in [9.17, 15) is 9.90 Å². The summed E-state index contributed by atoms with van der Waals surface area (Å²) in [5, 5.41) is 12.5. The minimum Gasteiger partial charge on any atom is -0.392 e. The first-order valence-electron chi connectivity index (χ1n) is 6.78. The summed E-state index contributed by atoms with van der Waals surface area (Å²) in [5.74, 6) is 0.146. The highest BCUT2D eigenvalue weighted by atomic mass is 16.3. The summed E-state index contributed by atoms with van der Waals surface area (Å²) in [6.07, 6.45) is 3.58. The van der Waals surface area contributed by atoms with Gasteiger partial charge in [0.1, 0.15) is 0 Å². The molecule has 0 spiro atoms. The fraction of sp³-hybridized carbons (Fsp3) is 0.923. The molecule has 1 rings (SSSR count). The van der Waals surface area contributed by atoms with Gasteiger partial charge in [0, 0.05) is 19.1 Å². The number of carbonyl (C=O) groups excluding carboxylic acids is 1. The lowest BCUT2D eigenvalue weighted by molar-refractivity contribution is -0.135. The molecule has 4 nitrogen and oxygen atoms in total. The van der Waals surface area contributed by atoms with Crippen LogP contribution < -0.4 is 5.32 Å². The van der Waals surface area contributed by atoms with Crippen molar-refractivity contribution in [2.24, 2.45) is 0 Å². The van der Waals surface area contributed by atoms with E-state index in [1.807, 2.05) is 4.90 Å². The number of nitrogens with one attached hydrogen (secondary N) is 1. The molecule has 0 aliphatic carbocycles. The fourth-order valence-electron chi connectivity index (χ4n) is 2.26. The zero-order chi connectivity index (χ0) is 12.8. The van der Waals surface area contributed by atoms with Crippen LogP contribution in [0.1, 0.15) is 46.5 Å². The van der Waals surface area contributed by atoms with Gasteiger partial charge in [-0.15, -0.1) is 0 Å². The second-order valence-corrected chi connectivity index (χ2v) is 5.18. The molecule has 4 heteroatoms. The number of rotatable bonds is 6. The van der Waals surface area contributed by atoms with Gasteiger partial charge in [-0.2, -0.15) is 0 Å². The Hall–Kier alpha value is -0.610. The Morgan fingerprint density at radius 3 is 2.65 bits per heavy atom. The first-order valence-corrected chi connectivity index (χ1v) is 6.78. The molecule has 1 fully saturated rings. The minimum atomic E-state index is -0.367. The molecule has 0 aromatic carbocycles. The lowest BCUT2D eigenvalue weighted by Crippen LogP contribution is -2.47. The highest BCUT2D eigenvalue weighted by Crippen LogP contribution is 2.13. The highest BCUT2D eigenvalue weighted by Gasteiger charge is 2.31. The summed E-state index contributed by atoms with van der Waals surface area (Å²) < 4.78 is 0. The van der Waals surface area contributed by atoms with Crippen LogP contribution in [0.15, 0.2) is 0 Å². The van der Waals surface area contributed by atoms with Crippen molar-refractivity contribution in [1.82, 2.24) is 10.2 Å². The molecule has 0 radical (unpaired) electrons. The maximum atomic E-state index is 12.3. The number of β-amino-alcohol motifs (C(OH)–C–C–N with tert-alkyl or cyclic N) is 1. The molecule has 2 atom stereocenters. The lowest BCUT2D eigenvalue weighted by atomic mass is 10.1. The normalized spacial score (nSPS) is 24.3. The molecule has 0 aromatic heterocycles. The van der Waals surface area contributed by atoms with Crippen molar-refractivity contribution in [3.63, 3.8) is 0 Å². The third-order valence-electron chi connectivity index (χ3n) is 3.31. The Morgan fingerprint density at radius 2 is 2.18 bits per heavy atom. The topological polar surface area (TPSA) is 52.6 Å². The Kier molecular flexibility index (Phi) is 5.92. The van der Waals surface area contributed by atoms with E-state index in [0.29, 0.717) is 13.0 Å². The molecule has 100 valence electrons. The van der Waals surface area contributed by atoms with Crippen LogP contribution in [0.4, 0.5) is 0 Å². The van der Waals surface area contributed by atoms with Crippen molar-refractivity contribution in [2.45, 2.75) is 64.6 Å². The SMILES string of the molecule is CCCCCN(C(=O)C1CC(O)CN1)C(C)C. The number of carbonyl (C=O) groups is 1. The van der Waals surface area contributed by atoms with Gasteiger partial charge in [0.05, 0.1) is 12.1 Å². The zero-order valence-corrected chi connectivity index (χ0v) is 11.3. The number of unbranched alkanes of at least 4 members (excludes halogenated alkanes) is 2. The first-order chi connectivity index (χ1) is 8.06. The molecular weight excluding hydrogens is 216 g/mol. The molecule has 0 aromatic rings. The third-order valence-corrected chi connectivity index (χ3v) is 3.31.